The zero-order valence-corrected chi connectivity index (χ0v) is 9.74. The van der Waals surface area contributed by atoms with E-state index in [1.807, 2.05) is 0 Å². The molecule has 3 rings (SSSR count). The molecule has 0 spiro atoms. The molecule has 0 unspecified atom stereocenters. The van der Waals surface area contributed by atoms with Crippen LogP contribution in [0.4, 0.5) is 17.6 Å². The smallest absolute Gasteiger partial charge is 0.197 e. The molecule has 0 heterocycles. The van der Waals surface area contributed by atoms with Crippen molar-refractivity contribution in [1.82, 2.24) is 0 Å². The lowest BCUT2D eigenvalue weighted by atomic mass is 9.71. The number of halogens is 4. The molecule has 1 N–H and O–H groups in total. The monoisotopic (exact) mass is 260 g/mol. The van der Waals surface area contributed by atoms with E-state index in [-0.39, 0.29) is 17.0 Å². The molecular formula is C13H12F4O. The highest BCUT2D eigenvalue weighted by molar-refractivity contribution is 5.41. The zero-order chi connectivity index (χ0) is 13.2. The first-order valence-electron chi connectivity index (χ1n) is 5.90. The molecule has 1 saturated carbocycles. The Labute approximate surface area is 101 Å². The average Bonchev–Trinajstić information content (AvgIpc) is 2.69. The predicted molar refractivity (Wildman–Crippen MR) is 55.9 cm³/mol. The van der Waals surface area contributed by atoms with Crippen LogP contribution in [0.3, 0.4) is 0 Å². The summed E-state index contributed by atoms with van der Waals surface area (Å²) < 4.78 is 54.1. The second-order valence-electron chi connectivity index (χ2n) is 5.58. The SMILES string of the molecule is C[C@]12CC[C@H](C1)c1c(F)c(F)c(F)c(F)c1[C@H]2O. The summed E-state index contributed by atoms with van der Waals surface area (Å²) in [5.74, 6) is -6.76. The number of fused-ring (bicyclic) bond motifs is 4. The number of hydrogen-bond acceptors (Lipinski definition) is 1. The van der Waals surface area contributed by atoms with E-state index in [1.54, 1.807) is 6.92 Å². The quantitative estimate of drug-likeness (QED) is 0.429. The first-order valence-corrected chi connectivity index (χ1v) is 5.90. The summed E-state index contributed by atoms with van der Waals surface area (Å²) in [6, 6.07) is 0. The summed E-state index contributed by atoms with van der Waals surface area (Å²) in [5.41, 5.74) is -1.13. The van der Waals surface area contributed by atoms with Crippen molar-refractivity contribution in [2.24, 2.45) is 5.41 Å². The van der Waals surface area contributed by atoms with Crippen LogP contribution in [0.1, 0.15) is 49.3 Å². The third kappa shape index (κ3) is 1.25. The van der Waals surface area contributed by atoms with Gasteiger partial charge >= 0.3 is 0 Å². The van der Waals surface area contributed by atoms with Crippen molar-refractivity contribution in [2.75, 3.05) is 0 Å². The molecule has 18 heavy (non-hydrogen) atoms. The first-order chi connectivity index (χ1) is 8.37. The maximum Gasteiger partial charge on any atom is 0.197 e. The van der Waals surface area contributed by atoms with Gasteiger partial charge in [0, 0.05) is 11.1 Å². The molecule has 3 atom stereocenters. The molecule has 2 aliphatic rings. The lowest BCUT2D eigenvalue weighted by Crippen LogP contribution is -2.29. The summed E-state index contributed by atoms with van der Waals surface area (Å²) in [6.45, 7) is 1.76. The minimum atomic E-state index is -1.84. The molecule has 1 aromatic rings. The Morgan fingerprint density at radius 1 is 1.00 bits per heavy atom. The third-order valence-corrected chi connectivity index (χ3v) is 4.46. The zero-order valence-electron chi connectivity index (χ0n) is 9.74. The average molecular weight is 260 g/mol. The first kappa shape index (κ1) is 12.0. The van der Waals surface area contributed by atoms with E-state index in [9.17, 15) is 22.7 Å². The van der Waals surface area contributed by atoms with Crippen LogP contribution < -0.4 is 0 Å². The van der Waals surface area contributed by atoms with Crippen LogP contribution >= 0.6 is 0 Å². The lowest BCUT2D eigenvalue weighted by molar-refractivity contribution is 0.0282. The van der Waals surface area contributed by atoms with Crippen molar-refractivity contribution in [2.45, 2.75) is 38.2 Å². The Bertz CT molecular complexity index is 543. The highest BCUT2D eigenvalue weighted by Crippen LogP contribution is 2.59. The highest BCUT2D eigenvalue weighted by atomic mass is 19.2. The molecule has 5 heteroatoms. The summed E-state index contributed by atoms with van der Waals surface area (Å²) in [6.07, 6.45) is 0.344. The molecule has 0 saturated heterocycles. The van der Waals surface area contributed by atoms with Crippen molar-refractivity contribution in [3.8, 4) is 0 Å². The van der Waals surface area contributed by atoms with Gasteiger partial charge in [0.15, 0.2) is 23.3 Å². The fourth-order valence-corrected chi connectivity index (χ4v) is 3.45. The van der Waals surface area contributed by atoms with Crippen molar-refractivity contribution in [1.29, 1.82) is 0 Å². The van der Waals surface area contributed by atoms with Crippen molar-refractivity contribution in [3.63, 3.8) is 0 Å². The van der Waals surface area contributed by atoms with Crippen molar-refractivity contribution < 1.29 is 22.7 Å². The van der Waals surface area contributed by atoms with Crippen LogP contribution in [0.2, 0.25) is 0 Å². The maximum atomic E-state index is 13.8. The van der Waals surface area contributed by atoms with Crippen LogP contribution in [0.5, 0.6) is 0 Å². The predicted octanol–water partition coefficient (Wildman–Crippen LogP) is 3.56. The Kier molecular flexibility index (Phi) is 2.31. The van der Waals surface area contributed by atoms with E-state index < -0.39 is 34.8 Å². The van der Waals surface area contributed by atoms with Gasteiger partial charge in [-0.3, -0.25) is 0 Å². The Hall–Kier alpha value is -1.10. The van der Waals surface area contributed by atoms with E-state index in [2.05, 4.69) is 0 Å². The van der Waals surface area contributed by atoms with Gasteiger partial charge in [0.05, 0.1) is 6.10 Å². The van der Waals surface area contributed by atoms with Gasteiger partial charge in [0.1, 0.15) is 0 Å². The van der Waals surface area contributed by atoms with Crippen LogP contribution in [0.25, 0.3) is 0 Å². The largest absolute Gasteiger partial charge is 0.388 e. The van der Waals surface area contributed by atoms with Crippen LogP contribution in [0.15, 0.2) is 0 Å². The van der Waals surface area contributed by atoms with Gasteiger partial charge in [0.25, 0.3) is 0 Å². The van der Waals surface area contributed by atoms with Crippen molar-refractivity contribution >= 4 is 0 Å². The van der Waals surface area contributed by atoms with E-state index in [1.165, 1.54) is 0 Å². The van der Waals surface area contributed by atoms with Gasteiger partial charge in [-0.1, -0.05) is 6.92 Å². The van der Waals surface area contributed by atoms with Gasteiger partial charge in [-0.05, 0) is 30.6 Å². The molecule has 1 nitrogen and oxygen atoms in total. The summed E-state index contributed by atoms with van der Waals surface area (Å²) >= 11 is 0. The lowest BCUT2D eigenvalue weighted by Gasteiger charge is -2.36. The van der Waals surface area contributed by atoms with Gasteiger partial charge in [0.2, 0.25) is 0 Å². The number of aliphatic hydroxyl groups excluding tert-OH is 1. The molecule has 2 aliphatic carbocycles. The summed E-state index contributed by atoms with van der Waals surface area (Å²) in [4.78, 5) is 0. The Morgan fingerprint density at radius 3 is 2.17 bits per heavy atom. The maximum absolute atomic E-state index is 13.8. The minimum Gasteiger partial charge on any atom is -0.388 e. The van der Waals surface area contributed by atoms with Crippen LogP contribution in [-0.2, 0) is 0 Å². The number of hydrogen-bond donors (Lipinski definition) is 1. The van der Waals surface area contributed by atoms with Crippen LogP contribution in [-0.4, -0.2) is 5.11 Å². The van der Waals surface area contributed by atoms with Gasteiger partial charge in [-0.2, -0.15) is 0 Å². The second kappa shape index (κ2) is 3.47. The molecular weight excluding hydrogens is 248 g/mol. The summed E-state index contributed by atoms with van der Waals surface area (Å²) in [7, 11) is 0. The Morgan fingerprint density at radius 2 is 1.56 bits per heavy atom. The Balaban J connectivity index is 2.35. The topological polar surface area (TPSA) is 20.2 Å². The molecule has 98 valence electrons. The molecule has 0 aliphatic heterocycles. The second-order valence-corrected chi connectivity index (χ2v) is 5.58. The summed E-state index contributed by atoms with van der Waals surface area (Å²) in [5, 5.41) is 10.1. The van der Waals surface area contributed by atoms with E-state index in [0.29, 0.717) is 19.3 Å². The molecule has 1 aromatic carbocycles. The van der Waals surface area contributed by atoms with Gasteiger partial charge < -0.3 is 5.11 Å². The third-order valence-electron chi connectivity index (χ3n) is 4.46. The highest BCUT2D eigenvalue weighted by Gasteiger charge is 2.51. The standard InChI is InChI=1S/C13H12F4O/c1-13-3-2-5(4-13)6-7(12(13)18)9(15)11(17)10(16)8(6)14/h5,12,18H,2-4H2,1H3/t5-,12-,13+/m1/s1. The van der Waals surface area contributed by atoms with E-state index in [0.717, 1.165) is 0 Å². The molecule has 2 bridgehead atoms. The number of rotatable bonds is 0. The normalized spacial score (nSPS) is 33.7. The van der Waals surface area contributed by atoms with Gasteiger partial charge in [-0.15, -0.1) is 0 Å². The fourth-order valence-electron chi connectivity index (χ4n) is 3.45. The molecule has 0 amide bonds. The van der Waals surface area contributed by atoms with Crippen molar-refractivity contribution in [3.05, 3.63) is 34.4 Å². The van der Waals surface area contributed by atoms with E-state index in [4.69, 9.17) is 0 Å². The number of benzene rings is 1. The fraction of sp³-hybridized carbons (Fsp3) is 0.538. The molecule has 1 fully saturated rings. The van der Waals surface area contributed by atoms with Gasteiger partial charge in [-0.25, -0.2) is 17.6 Å². The molecule has 0 aromatic heterocycles. The van der Waals surface area contributed by atoms with Crippen LogP contribution in [0, 0.1) is 28.7 Å². The minimum absolute atomic E-state index is 0.172. The molecule has 0 radical (unpaired) electrons. The number of aliphatic hydroxyl groups is 1. The van der Waals surface area contributed by atoms with E-state index >= 15 is 0 Å².